The van der Waals surface area contributed by atoms with E-state index in [0.717, 1.165) is 11.4 Å². The third-order valence-electron chi connectivity index (χ3n) is 2.49. The third kappa shape index (κ3) is 2.65. The molecule has 0 aromatic carbocycles. The van der Waals surface area contributed by atoms with Gasteiger partial charge in [-0.3, -0.25) is 4.98 Å². The zero-order chi connectivity index (χ0) is 11.4. The Kier molecular flexibility index (Phi) is 3.64. The van der Waals surface area contributed by atoms with E-state index in [-0.39, 0.29) is 0 Å². The smallest absolute Gasteiger partial charge is 0.0897 e. The molecule has 0 saturated heterocycles. The van der Waals surface area contributed by atoms with Gasteiger partial charge in [0, 0.05) is 29.5 Å². The Labute approximate surface area is 99.6 Å². The van der Waals surface area contributed by atoms with Crippen LogP contribution in [0, 0.1) is 6.92 Å². The van der Waals surface area contributed by atoms with Crippen LogP contribution in [0.1, 0.15) is 21.5 Å². The summed E-state index contributed by atoms with van der Waals surface area (Å²) >= 11 is 1.75. The number of rotatable bonds is 4. The lowest BCUT2D eigenvalue weighted by Crippen LogP contribution is -2.17. The van der Waals surface area contributed by atoms with E-state index < -0.39 is 0 Å². The van der Waals surface area contributed by atoms with Gasteiger partial charge in [0.05, 0.1) is 5.01 Å². The molecule has 2 rings (SSSR count). The van der Waals surface area contributed by atoms with Gasteiger partial charge in [0.1, 0.15) is 0 Å². The lowest BCUT2D eigenvalue weighted by Gasteiger charge is -2.13. The number of hydrogen-bond acceptors (Lipinski definition) is 4. The summed E-state index contributed by atoms with van der Waals surface area (Å²) in [5.74, 6) is 0. The van der Waals surface area contributed by atoms with Gasteiger partial charge < -0.3 is 5.32 Å². The molecule has 2 aromatic rings. The largest absolute Gasteiger partial charge is 0.312 e. The molecule has 0 radical (unpaired) electrons. The average molecular weight is 233 g/mol. The molecule has 0 aliphatic rings. The van der Waals surface area contributed by atoms with Crippen molar-refractivity contribution in [3.8, 4) is 0 Å². The highest BCUT2D eigenvalue weighted by molar-refractivity contribution is 7.11. The standard InChI is InChI=1S/C12H15N3S/c1-9-15-8-12(16-9)11(13-2)6-10-4-3-5-14-7-10/h3-5,7-8,11,13H,6H2,1-2H3. The van der Waals surface area contributed by atoms with Crippen molar-refractivity contribution in [3.05, 3.63) is 46.2 Å². The van der Waals surface area contributed by atoms with E-state index in [0.29, 0.717) is 6.04 Å². The summed E-state index contributed by atoms with van der Waals surface area (Å²) in [6.45, 7) is 2.03. The highest BCUT2D eigenvalue weighted by Gasteiger charge is 2.12. The van der Waals surface area contributed by atoms with Crippen LogP contribution in [-0.2, 0) is 6.42 Å². The van der Waals surface area contributed by atoms with Crippen molar-refractivity contribution in [2.45, 2.75) is 19.4 Å². The van der Waals surface area contributed by atoms with Gasteiger partial charge >= 0.3 is 0 Å². The topological polar surface area (TPSA) is 37.8 Å². The van der Waals surface area contributed by atoms with Crippen LogP contribution in [0.4, 0.5) is 0 Å². The van der Waals surface area contributed by atoms with E-state index in [1.54, 1.807) is 17.5 Å². The Balaban J connectivity index is 2.12. The molecular weight excluding hydrogens is 218 g/mol. The van der Waals surface area contributed by atoms with Gasteiger partial charge in [-0.05, 0) is 32.0 Å². The van der Waals surface area contributed by atoms with Gasteiger partial charge in [0.2, 0.25) is 0 Å². The Morgan fingerprint density at radius 1 is 1.44 bits per heavy atom. The molecule has 0 saturated carbocycles. The Morgan fingerprint density at radius 2 is 2.31 bits per heavy atom. The van der Waals surface area contributed by atoms with Gasteiger partial charge in [-0.25, -0.2) is 4.98 Å². The molecular formula is C12H15N3S. The number of nitrogens with zero attached hydrogens (tertiary/aromatic N) is 2. The molecule has 1 N–H and O–H groups in total. The normalized spacial score (nSPS) is 12.6. The van der Waals surface area contributed by atoms with Crippen LogP contribution in [-0.4, -0.2) is 17.0 Å². The molecule has 0 spiro atoms. The van der Waals surface area contributed by atoms with Gasteiger partial charge in [-0.2, -0.15) is 0 Å². The van der Waals surface area contributed by atoms with Crippen LogP contribution in [0.2, 0.25) is 0 Å². The first-order valence-electron chi connectivity index (χ1n) is 5.28. The predicted molar refractivity (Wildman–Crippen MR) is 66.6 cm³/mol. The molecule has 84 valence electrons. The SMILES string of the molecule is CNC(Cc1cccnc1)c1cnc(C)s1. The molecule has 16 heavy (non-hydrogen) atoms. The molecule has 2 heterocycles. The minimum atomic E-state index is 0.329. The van der Waals surface area contributed by atoms with Crippen LogP contribution in [0.15, 0.2) is 30.7 Å². The van der Waals surface area contributed by atoms with Crippen molar-refractivity contribution in [1.82, 2.24) is 15.3 Å². The summed E-state index contributed by atoms with van der Waals surface area (Å²) in [7, 11) is 1.98. The highest BCUT2D eigenvalue weighted by atomic mass is 32.1. The molecule has 0 amide bonds. The maximum Gasteiger partial charge on any atom is 0.0897 e. The molecule has 2 aromatic heterocycles. The summed E-state index contributed by atoms with van der Waals surface area (Å²) in [5, 5.41) is 4.44. The van der Waals surface area contributed by atoms with E-state index in [9.17, 15) is 0 Å². The molecule has 4 heteroatoms. The third-order valence-corrected chi connectivity index (χ3v) is 3.52. The molecule has 1 atom stereocenters. The van der Waals surface area contributed by atoms with Crippen molar-refractivity contribution < 1.29 is 0 Å². The lowest BCUT2D eigenvalue weighted by atomic mass is 10.1. The number of nitrogens with one attached hydrogen (secondary N) is 1. The van der Waals surface area contributed by atoms with Crippen LogP contribution >= 0.6 is 11.3 Å². The average Bonchev–Trinajstić information content (AvgIpc) is 2.74. The van der Waals surface area contributed by atoms with E-state index in [4.69, 9.17) is 0 Å². The second-order valence-corrected chi connectivity index (χ2v) is 4.95. The molecule has 0 aliphatic carbocycles. The fourth-order valence-electron chi connectivity index (χ4n) is 1.64. The summed E-state index contributed by atoms with van der Waals surface area (Å²) in [5.41, 5.74) is 1.24. The first-order chi connectivity index (χ1) is 7.79. The van der Waals surface area contributed by atoms with Crippen LogP contribution in [0.25, 0.3) is 0 Å². The highest BCUT2D eigenvalue weighted by Crippen LogP contribution is 2.23. The quantitative estimate of drug-likeness (QED) is 0.881. The lowest BCUT2D eigenvalue weighted by molar-refractivity contribution is 0.600. The fraction of sp³-hybridized carbons (Fsp3) is 0.333. The number of hydrogen-bond donors (Lipinski definition) is 1. The van der Waals surface area contributed by atoms with E-state index in [1.807, 2.05) is 32.4 Å². The van der Waals surface area contributed by atoms with Crippen LogP contribution in [0.5, 0.6) is 0 Å². The summed E-state index contributed by atoms with van der Waals surface area (Å²) in [6, 6.07) is 4.40. The maximum atomic E-state index is 4.29. The fourth-order valence-corrected chi connectivity index (χ4v) is 2.53. The van der Waals surface area contributed by atoms with Gasteiger partial charge in [-0.15, -0.1) is 11.3 Å². The predicted octanol–water partition coefficient (Wildman–Crippen LogP) is 2.35. The number of thiazole rings is 1. The molecule has 0 aliphatic heterocycles. The van der Waals surface area contributed by atoms with Gasteiger partial charge in [0.15, 0.2) is 0 Å². The minimum Gasteiger partial charge on any atom is -0.312 e. The maximum absolute atomic E-state index is 4.29. The van der Waals surface area contributed by atoms with Crippen molar-refractivity contribution in [2.24, 2.45) is 0 Å². The first kappa shape index (κ1) is 11.2. The Hall–Kier alpha value is -1.26. The number of aryl methyl sites for hydroxylation is 1. The minimum absolute atomic E-state index is 0.329. The Morgan fingerprint density at radius 3 is 2.88 bits per heavy atom. The second-order valence-electron chi connectivity index (χ2n) is 3.69. The van der Waals surface area contributed by atoms with Crippen LogP contribution < -0.4 is 5.32 Å². The van der Waals surface area contributed by atoms with Gasteiger partial charge in [-0.1, -0.05) is 6.07 Å². The number of pyridine rings is 1. The molecule has 0 fully saturated rings. The van der Waals surface area contributed by atoms with Crippen LogP contribution in [0.3, 0.4) is 0 Å². The summed E-state index contributed by atoms with van der Waals surface area (Å²) in [6.07, 6.45) is 6.62. The Bertz CT molecular complexity index is 439. The summed E-state index contributed by atoms with van der Waals surface area (Å²) in [4.78, 5) is 9.70. The van der Waals surface area contributed by atoms with Gasteiger partial charge in [0.25, 0.3) is 0 Å². The first-order valence-corrected chi connectivity index (χ1v) is 6.09. The van der Waals surface area contributed by atoms with E-state index >= 15 is 0 Å². The summed E-state index contributed by atoms with van der Waals surface area (Å²) < 4.78 is 0. The zero-order valence-corrected chi connectivity index (χ0v) is 10.3. The monoisotopic (exact) mass is 233 g/mol. The van der Waals surface area contributed by atoms with Crippen molar-refractivity contribution in [3.63, 3.8) is 0 Å². The molecule has 1 unspecified atom stereocenters. The zero-order valence-electron chi connectivity index (χ0n) is 9.47. The van der Waals surface area contributed by atoms with E-state index in [1.165, 1.54) is 10.4 Å². The van der Waals surface area contributed by atoms with E-state index in [2.05, 4.69) is 21.4 Å². The number of aromatic nitrogens is 2. The van der Waals surface area contributed by atoms with Crippen molar-refractivity contribution in [1.29, 1.82) is 0 Å². The molecule has 3 nitrogen and oxygen atoms in total. The number of likely N-dealkylation sites (N-methyl/N-ethyl adjacent to an activating group) is 1. The van der Waals surface area contributed by atoms with Crippen molar-refractivity contribution in [2.75, 3.05) is 7.05 Å². The van der Waals surface area contributed by atoms with Crippen molar-refractivity contribution >= 4 is 11.3 Å². The second kappa shape index (κ2) is 5.18. The molecule has 0 bridgehead atoms.